The molecule has 1 aromatic carbocycles. The van der Waals surface area contributed by atoms with Gasteiger partial charge in [0.05, 0.1) is 17.1 Å². The van der Waals surface area contributed by atoms with Crippen LogP contribution in [0.3, 0.4) is 0 Å². The maximum Gasteiger partial charge on any atom is 0.292 e. The number of hydrogen-bond acceptors (Lipinski definition) is 5. The second-order valence-corrected chi connectivity index (χ2v) is 7.64. The summed E-state index contributed by atoms with van der Waals surface area (Å²) in [5, 5.41) is 24.1. The standard InChI is InChI=1S/C16H22BrN3O3/c17-13-1-2-15(20(22)23)14(9-13)18-16-5-3-12(4-6-16)10-19(11-16)7-8-21/h1-2,9,12,18,21H,3-8,10-11H2. The van der Waals surface area contributed by atoms with Crippen LogP contribution in [0.25, 0.3) is 0 Å². The summed E-state index contributed by atoms with van der Waals surface area (Å²) in [5.41, 5.74) is 0.546. The third-order valence-corrected chi connectivity index (χ3v) is 5.57. The molecule has 3 fully saturated rings. The van der Waals surface area contributed by atoms with Crippen molar-refractivity contribution in [3.05, 3.63) is 32.8 Å². The molecule has 2 saturated heterocycles. The SMILES string of the molecule is O=[N+]([O-])c1ccc(Br)cc1NC12CCC(CC1)CN(CCO)C2. The molecule has 2 bridgehead atoms. The number of nitrogens with one attached hydrogen (secondary N) is 1. The first-order valence-electron chi connectivity index (χ1n) is 8.07. The van der Waals surface area contributed by atoms with Gasteiger partial charge >= 0.3 is 0 Å². The van der Waals surface area contributed by atoms with Gasteiger partial charge in [0, 0.05) is 30.2 Å². The van der Waals surface area contributed by atoms with Crippen molar-refractivity contribution in [2.75, 3.05) is 31.6 Å². The van der Waals surface area contributed by atoms with Crippen LogP contribution in [0.4, 0.5) is 11.4 Å². The quantitative estimate of drug-likeness (QED) is 0.603. The molecule has 2 heterocycles. The number of halogens is 1. The Morgan fingerprint density at radius 1 is 1.43 bits per heavy atom. The number of anilines is 1. The molecule has 0 radical (unpaired) electrons. The zero-order valence-electron chi connectivity index (χ0n) is 13.0. The molecule has 1 aromatic rings. The Balaban J connectivity index is 1.88. The van der Waals surface area contributed by atoms with Crippen LogP contribution in [0.2, 0.25) is 0 Å². The van der Waals surface area contributed by atoms with Crippen molar-refractivity contribution in [2.24, 2.45) is 5.92 Å². The lowest BCUT2D eigenvalue weighted by atomic mass is 9.78. The van der Waals surface area contributed by atoms with Crippen LogP contribution in [0.1, 0.15) is 25.7 Å². The number of aliphatic hydroxyl groups is 1. The molecule has 0 amide bonds. The Morgan fingerprint density at radius 2 is 2.17 bits per heavy atom. The number of nitro benzene ring substituents is 1. The van der Waals surface area contributed by atoms with E-state index >= 15 is 0 Å². The van der Waals surface area contributed by atoms with Crippen molar-refractivity contribution in [2.45, 2.75) is 31.2 Å². The largest absolute Gasteiger partial charge is 0.395 e. The molecule has 6 nitrogen and oxygen atoms in total. The first-order valence-corrected chi connectivity index (χ1v) is 8.86. The van der Waals surface area contributed by atoms with E-state index < -0.39 is 0 Å². The lowest BCUT2D eigenvalue weighted by molar-refractivity contribution is -0.384. The number of rotatable bonds is 5. The van der Waals surface area contributed by atoms with E-state index in [0.717, 1.165) is 43.2 Å². The summed E-state index contributed by atoms with van der Waals surface area (Å²) in [7, 11) is 0. The predicted octanol–water partition coefficient (Wildman–Crippen LogP) is 3.01. The maximum absolute atomic E-state index is 11.3. The molecule has 126 valence electrons. The summed E-state index contributed by atoms with van der Waals surface area (Å²) < 4.78 is 0.830. The van der Waals surface area contributed by atoms with E-state index in [-0.39, 0.29) is 22.8 Å². The summed E-state index contributed by atoms with van der Waals surface area (Å²) in [6.07, 6.45) is 4.31. The summed E-state index contributed by atoms with van der Waals surface area (Å²) in [4.78, 5) is 13.3. The molecule has 0 spiro atoms. The van der Waals surface area contributed by atoms with Gasteiger partial charge in [0.1, 0.15) is 5.69 Å². The van der Waals surface area contributed by atoms with Gasteiger partial charge in [0.15, 0.2) is 0 Å². The Labute approximate surface area is 144 Å². The fourth-order valence-electron chi connectivity index (χ4n) is 3.96. The third kappa shape index (κ3) is 3.67. The van der Waals surface area contributed by atoms with Gasteiger partial charge in [-0.2, -0.15) is 0 Å². The van der Waals surface area contributed by atoms with Crippen molar-refractivity contribution >= 4 is 27.3 Å². The number of hydrogen-bond donors (Lipinski definition) is 2. The zero-order chi connectivity index (χ0) is 16.4. The zero-order valence-corrected chi connectivity index (χ0v) is 14.6. The molecule has 23 heavy (non-hydrogen) atoms. The first-order chi connectivity index (χ1) is 11.0. The molecule has 3 aliphatic rings. The molecule has 0 aromatic heterocycles. The minimum atomic E-state index is -0.334. The Bertz CT molecular complexity index is 588. The van der Waals surface area contributed by atoms with Gasteiger partial charge in [0.2, 0.25) is 0 Å². The lowest BCUT2D eigenvalue weighted by Gasteiger charge is -2.39. The highest BCUT2D eigenvalue weighted by molar-refractivity contribution is 9.10. The van der Waals surface area contributed by atoms with Crippen LogP contribution in [-0.4, -0.2) is 46.7 Å². The first kappa shape index (κ1) is 16.7. The van der Waals surface area contributed by atoms with Crippen LogP contribution in [0.5, 0.6) is 0 Å². The highest BCUT2D eigenvalue weighted by atomic mass is 79.9. The molecule has 2 N–H and O–H groups in total. The minimum absolute atomic E-state index is 0.114. The summed E-state index contributed by atoms with van der Waals surface area (Å²) in [6.45, 7) is 2.67. The van der Waals surface area contributed by atoms with E-state index in [0.29, 0.717) is 18.2 Å². The van der Waals surface area contributed by atoms with Gasteiger partial charge in [-0.25, -0.2) is 0 Å². The van der Waals surface area contributed by atoms with E-state index in [1.807, 2.05) is 0 Å². The van der Waals surface area contributed by atoms with Crippen molar-refractivity contribution in [1.82, 2.24) is 4.90 Å². The van der Waals surface area contributed by atoms with E-state index in [1.165, 1.54) is 6.07 Å². The molecule has 7 heteroatoms. The molecule has 0 atom stereocenters. The maximum atomic E-state index is 11.3. The fraction of sp³-hybridized carbons (Fsp3) is 0.625. The van der Waals surface area contributed by atoms with Gasteiger partial charge in [-0.05, 0) is 43.7 Å². The van der Waals surface area contributed by atoms with Gasteiger partial charge in [-0.3, -0.25) is 15.0 Å². The Morgan fingerprint density at radius 3 is 2.83 bits per heavy atom. The summed E-state index contributed by atoms with van der Waals surface area (Å²) in [6, 6.07) is 5.03. The Kier molecular flexibility index (Phi) is 4.89. The van der Waals surface area contributed by atoms with Crippen molar-refractivity contribution < 1.29 is 10.0 Å². The molecule has 4 rings (SSSR count). The minimum Gasteiger partial charge on any atom is -0.395 e. The number of benzene rings is 1. The second-order valence-electron chi connectivity index (χ2n) is 6.73. The highest BCUT2D eigenvalue weighted by Crippen LogP contribution is 2.41. The van der Waals surface area contributed by atoms with Gasteiger partial charge in [-0.1, -0.05) is 15.9 Å². The average Bonchev–Trinajstić information content (AvgIpc) is 2.76. The van der Waals surface area contributed by atoms with E-state index in [1.54, 1.807) is 12.1 Å². The lowest BCUT2D eigenvalue weighted by Crippen LogP contribution is -2.48. The average molecular weight is 384 g/mol. The van der Waals surface area contributed by atoms with Gasteiger partial charge in [-0.15, -0.1) is 0 Å². The van der Waals surface area contributed by atoms with Crippen LogP contribution < -0.4 is 5.32 Å². The van der Waals surface area contributed by atoms with Gasteiger partial charge < -0.3 is 10.4 Å². The number of aliphatic hydroxyl groups excluding tert-OH is 1. The third-order valence-electron chi connectivity index (χ3n) is 5.08. The fourth-order valence-corrected chi connectivity index (χ4v) is 4.32. The van der Waals surface area contributed by atoms with Crippen molar-refractivity contribution in [3.63, 3.8) is 0 Å². The number of nitro groups is 1. The van der Waals surface area contributed by atoms with Crippen molar-refractivity contribution in [1.29, 1.82) is 0 Å². The van der Waals surface area contributed by atoms with E-state index in [4.69, 9.17) is 0 Å². The monoisotopic (exact) mass is 383 g/mol. The second kappa shape index (κ2) is 6.75. The molecular formula is C16H22BrN3O3. The molecule has 0 unspecified atom stereocenters. The smallest absolute Gasteiger partial charge is 0.292 e. The van der Waals surface area contributed by atoms with Crippen LogP contribution in [0.15, 0.2) is 22.7 Å². The van der Waals surface area contributed by atoms with E-state index in [9.17, 15) is 15.2 Å². The number of fused-ring (bicyclic) bond motifs is 4. The van der Waals surface area contributed by atoms with Crippen LogP contribution in [-0.2, 0) is 0 Å². The van der Waals surface area contributed by atoms with E-state index in [2.05, 4.69) is 26.1 Å². The van der Waals surface area contributed by atoms with Crippen molar-refractivity contribution in [3.8, 4) is 0 Å². The Hall–Kier alpha value is -1.18. The number of nitrogens with zero attached hydrogens (tertiary/aromatic N) is 2. The highest BCUT2D eigenvalue weighted by Gasteiger charge is 2.41. The summed E-state index contributed by atoms with van der Waals surface area (Å²) >= 11 is 3.41. The molecular weight excluding hydrogens is 362 g/mol. The van der Waals surface area contributed by atoms with Crippen LogP contribution >= 0.6 is 15.9 Å². The molecule has 1 saturated carbocycles. The topological polar surface area (TPSA) is 78.6 Å². The van der Waals surface area contributed by atoms with Gasteiger partial charge in [0.25, 0.3) is 5.69 Å². The molecule has 1 aliphatic carbocycles. The normalized spacial score (nSPS) is 27.7. The van der Waals surface area contributed by atoms with Crippen LogP contribution in [0, 0.1) is 16.0 Å². The summed E-state index contributed by atoms with van der Waals surface area (Å²) in [5.74, 6) is 0.677. The molecule has 2 aliphatic heterocycles. The predicted molar refractivity (Wildman–Crippen MR) is 92.6 cm³/mol.